The highest BCUT2D eigenvalue weighted by Gasteiger charge is 2.21. The predicted molar refractivity (Wildman–Crippen MR) is 90.6 cm³/mol. The van der Waals surface area contributed by atoms with Crippen LogP contribution in [0.2, 0.25) is 0 Å². The van der Waals surface area contributed by atoms with Crippen LogP contribution in [-0.4, -0.2) is 23.9 Å². The topological polar surface area (TPSA) is 84.5 Å². The number of hydrogen-bond acceptors (Lipinski definition) is 4. The number of nitrogens with one attached hydrogen (secondary N) is 2. The van der Waals surface area contributed by atoms with Crippen LogP contribution in [0.25, 0.3) is 0 Å². The highest BCUT2D eigenvalue weighted by molar-refractivity contribution is 5.98. The number of benzene rings is 2. The van der Waals surface area contributed by atoms with E-state index in [4.69, 9.17) is 4.74 Å². The summed E-state index contributed by atoms with van der Waals surface area (Å²) in [7, 11) is 0. The van der Waals surface area contributed by atoms with E-state index in [1.54, 1.807) is 6.07 Å². The zero-order chi connectivity index (χ0) is 19.3. The summed E-state index contributed by atoms with van der Waals surface area (Å²) in [5, 5.41) is 4.56. The molecule has 26 heavy (non-hydrogen) atoms. The summed E-state index contributed by atoms with van der Waals surface area (Å²) in [6, 6.07) is 9.06. The third-order valence-electron chi connectivity index (χ3n) is 3.28. The second-order valence-electron chi connectivity index (χ2n) is 5.40. The molecule has 136 valence electrons. The molecule has 0 aliphatic carbocycles. The molecular weight excluding hydrogens is 346 g/mol. The fourth-order valence-electron chi connectivity index (χ4n) is 2.05. The van der Waals surface area contributed by atoms with E-state index in [2.05, 4.69) is 5.32 Å². The van der Waals surface area contributed by atoms with Crippen molar-refractivity contribution < 1.29 is 27.9 Å². The lowest BCUT2D eigenvalue weighted by atomic mass is 10.2. The van der Waals surface area contributed by atoms with Crippen molar-refractivity contribution in [3.8, 4) is 0 Å². The fourth-order valence-corrected chi connectivity index (χ4v) is 2.05. The van der Waals surface area contributed by atoms with Crippen molar-refractivity contribution in [1.29, 1.82) is 0 Å². The van der Waals surface area contributed by atoms with E-state index in [-0.39, 0.29) is 11.5 Å². The van der Waals surface area contributed by atoms with Crippen LogP contribution in [0.3, 0.4) is 0 Å². The van der Waals surface area contributed by atoms with E-state index < -0.39 is 35.3 Å². The van der Waals surface area contributed by atoms with Crippen LogP contribution in [0, 0.1) is 11.6 Å². The van der Waals surface area contributed by atoms with Gasteiger partial charge in [0.2, 0.25) is 5.91 Å². The van der Waals surface area contributed by atoms with Gasteiger partial charge in [-0.2, -0.15) is 0 Å². The van der Waals surface area contributed by atoms with E-state index in [0.717, 1.165) is 18.2 Å². The molecule has 0 bridgehead atoms. The van der Waals surface area contributed by atoms with Crippen LogP contribution in [-0.2, 0) is 14.3 Å². The Bertz CT molecular complexity index is 835. The van der Waals surface area contributed by atoms with Crippen LogP contribution in [0.1, 0.15) is 24.2 Å². The van der Waals surface area contributed by atoms with Crippen molar-refractivity contribution in [3.05, 3.63) is 59.7 Å². The Balaban J connectivity index is 2.04. The van der Waals surface area contributed by atoms with E-state index in [1.807, 2.05) is 5.32 Å². The monoisotopic (exact) mass is 362 g/mol. The number of carbonyl (C=O) groups is 3. The molecule has 0 heterocycles. The minimum absolute atomic E-state index is 0.105. The van der Waals surface area contributed by atoms with Crippen molar-refractivity contribution in [2.24, 2.45) is 0 Å². The molecule has 0 unspecified atom stereocenters. The summed E-state index contributed by atoms with van der Waals surface area (Å²) >= 11 is 0. The molecular formula is C18H16F2N2O4. The Hall–Kier alpha value is -3.29. The van der Waals surface area contributed by atoms with Gasteiger partial charge < -0.3 is 15.4 Å². The summed E-state index contributed by atoms with van der Waals surface area (Å²) < 4.78 is 32.1. The Labute approximate surface area is 148 Å². The van der Waals surface area contributed by atoms with Gasteiger partial charge in [0.25, 0.3) is 5.91 Å². The standard InChI is InChI=1S/C18H16F2N2O4/c1-10(17(24)22-16-14(19)7-4-8-15(16)20)26-18(25)12-5-3-6-13(9-12)21-11(2)23/h3-10H,1-2H3,(H,21,23)(H,22,24)/t10-/m1/s1. The molecule has 0 fully saturated rings. The molecule has 2 rings (SSSR count). The van der Waals surface area contributed by atoms with Crippen molar-refractivity contribution in [1.82, 2.24) is 0 Å². The van der Waals surface area contributed by atoms with Gasteiger partial charge in [-0.25, -0.2) is 13.6 Å². The van der Waals surface area contributed by atoms with Gasteiger partial charge in [0, 0.05) is 12.6 Å². The lowest BCUT2D eigenvalue weighted by molar-refractivity contribution is -0.123. The van der Waals surface area contributed by atoms with Gasteiger partial charge in [-0.1, -0.05) is 12.1 Å². The van der Waals surface area contributed by atoms with Gasteiger partial charge in [-0.3, -0.25) is 9.59 Å². The Morgan fingerprint density at radius 2 is 1.62 bits per heavy atom. The maximum absolute atomic E-state index is 13.6. The van der Waals surface area contributed by atoms with Gasteiger partial charge in [0.1, 0.15) is 17.3 Å². The van der Waals surface area contributed by atoms with Crippen molar-refractivity contribution in [2.45, 2.75) is 20.0 Å². The molecule has 0 radical (unpaired) electrons. The van der Waals surface area contributed by atoms with Gasteiger partial charge in [-0.15, -0.1) is 0 Å². The number of para-hydroxylation sites is 1. The quantitative estimate of drug-likeness (QED) is 0.801. The molecule has 0 saturated heterocycles. The number of hydrogen-bond donors (Lipinski definition) is 2. The number of halogens is 2. The third kappa shape index (κ3) is 4.85. The molecule has 0 aliphatic heterocycles. The molecule has 0 aliphatic rings. The average Bonchev–Trinajstić information content (AvgIpc) is 2.57. The average molecular weight is 362 g/mol. The third-order valence-corrected chi connectivity index (χ3v) is 3.28. The first-order chi connectivity index (χ1) is 12.3. The molecule has 6 nitrogen and oxygen atoms in total. The van der Waals surface area contributed by atoms with Gasteiger partial charge in [0.15, 0.2) is 6.10 Å². The van der Waals surface area contributed by atoms with Crippen molar-refractivity contribution in [2.75, 3.05) is 10.6 Å². The van der Waals surface area contributed by atoms with Gasteiger partial charge in [0.05, 0.1) is 5.56 Å². The van der Waals surface area contributed by atoms with E-state index in [0.29, 0.717) is 5.69 Å². The molecule has 2 aromatic rings. The number of rotatable bonds is 5. The van der Waals surface area contributed by atoms with Crippen LogP contribution in [0.5, 0.6) is 0 Å². The Kier molecular flexibility index (Phi) is 6.00. The maximum Gasteiger partial charge on any atom is 0.338 e. The summed E-state index contributed by atoms with van der Waals surface area (Å²) in [5.41, 5.74) is -0.126. The lowest BCUT2D eigenvalue weighted by Crippen LogP contribution is -2.30. The largest absolute Gasteiger partial charge is 0.449 e. The van der Waals surface area contributed by atoms with Crippen molar-refractivity contribution >= 4 is 29.2 Å². The summed E-state index contributed by atoms with van der Waals surface area (Å²) in [6.45, 7) is 2.59. The number of carbonyl (C=O) groups excluding carboxylic acids is 3. The minimum Gasteiger partial charge on any atom is -0.449 e. The molecule has 2 aromatic carbocycles. The van der Waals surface area contributed by atoms with Crippen LogP contribution >= 0.6 is 0 Å². The van der Waals surface area contributed by atoms with Crippen LogP contribution in [0.4, 0.5) is 20.2 Å². The van der Waals surface area contributed by atoms with Crippen LogP contribution in [0.15, 0.2) is 42.5 Å². The summed E-state index contributed by atoms with van der Waals surface area (Å²) in [5.74, 6) is -3.91. The maximum atomic E-state index is 13.6. The van der Waals surface area contributed by atoms with Crippen LogP contribution < -0.4 is 10.6 Å². The number of amides is 2. The molecule has 0 aromatic heterocycles. The van der Waals surface area contributed by atoms with Gasteiger partial charge >= 0.3 is 5.97 Å². The lowest BCUT2D eigenvalue weighted by Gasteiger charge is -2.14. The molecule has 1 atom stereocenters. The number of ether oxygens (including phenoxy) is 1. The fraction of sp³-hybridized carbons (Fsp3) is 0.167. The smallest absolute Gasteiger partial charge is 0.338 e. The molecule has 8 heteroatoms. The molecule has 0 spiro atoms. The first-order valence-electron chi connectivity index (χ1n) is 7.61. The predicted octanol–water partition coefficient (Wildman–Crippen LogP) is 3.11. The highest BCUT2D eigenvalue weighted by Crippen LogP contribution is 2.19. The van der Waals surface area contributed by atoms with E-state index in [9.17, 15) is 23.2 Å². The SMILES string of the molecule is CC(=O)Nc1cccc(C(=O)O[C@H](C)C(=O)Nc2c(F)cccc2F)c1. The normalized spacial score (nSPS) is 11.4. The van der Waals surface area contributed by atoms with E-state index in [1.165, 1.54) is 32.0 Å². The zero-order valence-corrected chi connectivity index (χ0v) is 14.0. The molecule has 2 amide bonds. The van der Waals surface area contributed by atoms with Gasteiger partial charge in [-0.05, 0) is 37.3 Å². The summed E-state index contributed by atoms with van der Waals surface area (Å²) in [6.07, 6.45) is -1.30. The van der Waals surface area contributed by atoms with E-state index >= 15 is 0 Å². The first-order valence-corrected chi connectivity index (χ1v) is 7.61. The summed E-state index contributed by atoms with van der Waals surface area (Å²) in [4.78, 5) is 35.2. The van der Waals surface area contributed by atoms with Crippen molar-refractivity contribution in [3.63, 3.8) is 0 Å². The Morgan fingerprint density at radius 1 is 1.00 bits per heavy atom. The number of esters is 1. The second kappa shape index (κ2) is 8.19. The first kappa shape index (κ1) is 19.0. The molecule has 2 N–H and O–H groups in total. The highest BCUT2D eigenvalue weighted by atomic mass is 19.1. The second-order valence-corrected chi connectivity index (χ2v) is 5.40. The minimum atomic E-state index is -1.30. The Morgan fingerprint density at radius 3 is 2.23 bits per heavy atom. The molecule has 0 saturated carbocycles. The number of anilines is 2. The zero-order valence-electron chi connectivity index (χ0n) is 14.0.